The summed E-state index contributed by atoms with van der Waals surface area (Å²) in [6.45, 7) is 6.31. The van der Waals surface area contributed by atoms with Gasteiger partial charge in [0.25, 0.3) is 0 Å². The van der Waals surface area contributed by atoms with Gasteiger partial charge in [-0.15, -0.1) is 0 Å². The van der Waals surface area contributed by atoms with Crippen LogP contribution < -0.4 is 0 Å². The van der Waals surface area contributed by atoms with Gasteiger partial charge in [0.15, 0.2) is 5.76 Å². The molecule has 0 fully saturated rings. The minimum absolute atomic E-state index is 0.0163. The second-order valence-electron chi connectivity index (χ2n) is 5.78. The molecule has 1 heterocycles. The van der Waals surface area contributed by atoms with Crippen LogP contribution >= 0.6 is 0 Å². The normalized spacial score (nSPS) is 13.2. The Bertz CT molecular complexity index is 602. The maximum atomic E-state index is 11.0. The van der Waals surface area contributed by atoms with Gasteiger partial charge in [-0.3, -0.25) is 0 Å². The second kappa shape index (κ2) is 5.13. The van der Waals surface area contributed by atoms with Crippen molar-refractivity contribution in [3.05, 3.63) is 59.0 Å². The maximum absolute atomic E-state index is 11.0. The van der Waals surface area contributed by atoms with Crippen molar-refractivity contribution in [3.8, 4) is 0 Å². The van der Waals surface area contributed by atoms with E-state index in [0.29, 0.717) is 5.56 Å². The minimum Gasteiger partial charge on any atom is -0.478 e. The molecule has 20 heavy (non-hydrogen) atoms. The van der Waals surface area contributed by atoms with E-state index in [1.54, 1.807) is 12.1 Å². The van der Waals surface area contributed by atoms with Crippen molar-refractivity contribution in [2.45, 2.75) is 32.3 Å². The molecule has 2 rings (SSSR count). The van der Waals surface area contributed by atoms with Gasteiger partial charge in [0, 0.05) is 0 Å². The first-order valence-corrected chi connectivity index (χ1v) is 6.40. The maximum Gasteiger partial charge on any atom is 0.339 e. The number of carboxylic acid groups (broad SMARTS) is 1. The van der Waals surface area contributed by atoms with Gasteiger partial charge < -0.3 is 14.6 Å². The van der Waals surface area contributed by atoms with Crippen molar-refractivity contribution in [1.29, 1.82) is 0 Å². The topological polar surface area (TPSA) is 70.7 Å². The lowest BCUT2D eigenvalue weighted by molar-refractivity contribution is 0.0687. The predicted octanol–water partition coefficient (Wildman–Crippen LogP) is 3.36. The molecule has 2 N–H and O–H groups in total. The first-order chi connectivity index (χ1) is 9.30. The van der Waals surface area contributed by atoms with Gasteiger partial charge >= 0.3 is 5.97 Å². The number of hydrogen-bond donors (Lipinski definition) is 2. The first-order valence-electron chi connectivity index (χ1n) is 6.40. The molecule has 1 unspecified atom stereocenters. The number of aliphatic hydroxyl groups excluding tert-OH is 1. The minimum atomic E-state index is -1.11. The highest BCUT2D eigenvalue weighted by Crippen LogP contribution is 2.28. The average molecular weight is 274 g/mol. The molecule has 0 aliphatic rings. The third-order valence-corrected chi connectivity index (χ3v) is 3.27. The van der Waals surface area contributed by atoms with E-state index in [0.717, 1.165) is 5.56 Å². The Hall–Kier alpha value is -2.07. The second-order valence-corrected chi connectivity index (χ2v) is 5.78. The molecule has 4 heteroatoms. The van der Waals surface area contributed by atoms with E-state index in [1.165, 1.54) is 12.3 Å². The summed E-state index contributed by atoms with van der Waals surface area (Å²) in [4.78, 5) is 11.0. The van der Waals surface area contributed by atoms with E-state index in [1.807, 2.05) is 12.1 Å². The summed E-state index contributed by atoms with van der Waals surface area (Å²) in [6, 6.07) is 8.78. The van der Waals surface area contributed by atoms with Gasteiger partial charge in [0.1, 0.15) is 11.7 Å². The van der Waals surface area contributed by atoms with Crippen LogP contribution in [0.5, 0.6) is 0 Å². The highest BCUT2D eigenvalue weighted by Gasteiger charge is 2.22. The van der Waals surface area contributed by atoms with Crippen molar-refractivity contribution >= 4 is 5.97 Å². The fourth-order valence-electron chi connectivity index (χ4n) is 2.03. The SMILES string of the molecule is CC(C)(C)c1ccc(C(O)c2occc2C(=O)O)cc1. The van der Waals surface area contributed by atoms with E-state index < -0.39 is 12.1 Å². The highest BCUT2D eigenvalue weighted by atomic mass is 16.4. The summed E-state index contributed by atoms with van der Waals surface area (Å²) in [5.74, 6) is -1.06. The molecule has 2 aromatic rings. The Morgan fingerprint density at radius 2 is 1.75 bits per heavy atom. The van der Waals surface area contributed by atoms with Crippen molar-refractivity contribution in [1.82, 2.24) is 0 Å². The number of carboxylic acids is 1. The monoisotopic (exact) mass is 274 g/mol. The summed E-state index contributed by atoms with van der Waals surface area (Å²) in [5, 5.41) is 19.3. The van der Waals surface area contributed by atoms with Gasteiger partial charge in [-0.2, -0.15) is 0 Å². The Morgan fingerprint density at radius 1 is 1.15 bits per heavy atom. The molecule has 0 bridgehead atoms. The summed E-state index contributed by atoms with van der Waals surface area (Å²) in [6.07, 6.45) is 0.191. The first kappa shape index (κ1) is 14.3. The molecule has 0 spiro atoms. The van der Waals surface area contributed by atoms with Crippen LogP contribution in [0.15, 0.2) is 41.0 Å². The van der Waals surface area contributed by atoms with Gasteiger partial charge in [-0.25, -0.2) is 4.79 Å². The van der Waals surface area contributed by atoms with E-state index in [-0.39, 0.29) is 16.7 Å². The predicted molar refractivity (Wildman–Crippen MR) is 74.9 cm³/mol. The zero-order valence-corrected chi connectivity index (χ0v) is 11.8. The number of hydrogen-bond acceptors (Lipinski definition) is 3. The van der Waals surface area contributed by atoms with Crippen LogP contribution in [-0.2, 0) is 5.41 Å². The Labute approximate surface area is 117 Å². The van der Waals surface area contributed by atoms with Crippen molar-refractivity contribution in [3.63, 3.8) is 0 Å². The number of benzene rings is 1. The molecule has 0 radical (unpaired) electrons. The smallest absolute Gasteiger partial charge is 0.339 e. The Balaban J connectivity index is 2.32. The van der Waals surface area contributed by atoms with Gasteiger partial charge in [0.05, 0.1) is 6.26 Å². The average Bonchev–Trinajstić information content (AvgIpc) is 2.86. The van der Waals surface area contributed by atoms with Crippen LogP contribution in [0, 0.1) is 0 Å². The molecule has 106 valence electrons. The largest absolute Gasteiger partial charge is 0.478 e. The van der Waals surface area contributed by atoms with E-state index >= 15 is 0 Å². The molecule has 0 amide bonds. The molecule has 1 atom stereocenters. The fraction of sp³-hybridized carbons (Fsp3) is 0.312. The quantitative estimate of drug-likeness (QED) is 0.900. The highest BCUT2D eigenvalue weighted by molar-refractivity contribution is 5.88. The molecule has 4 nitrogen and oxygen atoms in total. The zero-order chi connectivity index (χ0) is 14.9. The standard InChI is InChI=1S/C16H18O4/c1-16(2,3)11-6-4-10(5-7-11)13(17)14-12(15(18)19)8-9-20-14/h4-9,13,17H,1-3H3,(H,18,19). The Kier molecular flexibility index (Phi) is 3.68. The summed E-state index contributed by atoms with van der Waals surface area (Å²) < 4.78 is 5.11. The summed E-state index contributed by atoms with van der Waals surface area (Å²) >= 11 is 0. The van der Waals surface area contributed by atoms with Crippen LogP contribution in [0.3, 0.4) is 0 Å². The number of aromatic carboxylic acids is 1. The van der Waals surface area contributed by atoms with Crippen LogP contribution in [-0.4, -0.2) is 16.2 Å². The van der Waals surface area contributed by atoms with E-state index in [4.69, 9.17) is 9.52 Å². The number of rotatable bonds is 3. The third kappa shape index (κ3) is 2.75. The third-order valence-electron chi connectivity index (χ3n) is 3.27. The van der Waals surface area contributed by atoms with Crippen molar-refractivity contribution in [2.75, 3.05) is 0 Å². The number of furan rings is 1. The van der Waals surface area contributed by atoms with E-state index in [9.17, 15) is 9.90 Å². The van der Waals surface area contributed by atoms with Crippen LogP contribution in [0.4, 0.5) is 0 Å². The summed E-state index contributed by atoms with van der Waals surface area (Å²) in [7, 11) is 0. The number of aliphatic hydroxyl groups is 1. The van der Waals surface area contributed by atoms with Gasteiger partial charge in [0.2, 0.25) is 0 Å². The lowest BCUT2D eigenvalue weighted by Crippen LogP contribution is -2.11. The van der Waals surface area contributed by atoms with Gasteiger partial charge in [-0.1, -0.05) is 45.0 Å². The molecule has 1 aromatic carbocycles. The Morgan fingerprint density at radius 3 is 2.25 bits per heavy atom. The fourth-order valence-corrected chi connectivity index (χ4v) is 2.03. The van der Waals surface area contributed by atoms with Crippen LogP contribution in [0.1, 0.15) is 54.1 Å². The molecule has 0 saturated heterocycles. The number of carbonyl (C=O) groups is 1. The molecule has 1 aromatic heterocycles. The molecule has 0 saturated carbocycles. The molecular formula is C16H18O4. The zero-order valence-electron chi connectivity index (χ0n) is 11.8. The molecular weight excluding hydrogens is 256 g/mol. The lowest BCUT2D eigenvalue weighted by Gasteiger charge is -2.19. The molecule has 0 aliphatic carbocycles. The van der Waals surface area contributed by atoms with Crippen molar-refractivity contribution in [2.24, 2.45) is 0 Å². The van der Waals surface area contributed by atoms with Crippen LogP contribution in [0.2, 0.25) is 0 Å². The van der Waals surface area contributed by atoms with E-state index in [2.05, 4.69) is 20.8 Å². The van der Waals surface area contributed by atoms with Gasteiger partial charge in [-0.05, 0) is 22.6 Å². The summed E-state index contributed by atoms with van der Waals surface area (Å²) in [5.41, 5.74) is 1.76. The van der Waals surface area contributed by atoms with Crippen LogP contribution in [0.25, 0.3) is 0 Å². The van der Waals surface area contributed by atoms with Crippen molar-refractivity contribution < 1.29 is 19.4 Å². The molecule has 0 aliphatic heterocycles. The lowest BCUT2D eigenvalue weighted by atomic mass is 9.86.